The molecule has 1 aromatic carbocycles. The second-order valence-electron chi connectivity index (χ2n) is 4.86. The summed E-state index contributed by atoms with van der Waals surface area (Å²) in [5.74, 6) is 0.0866. The second kappa shape index (κ2) is 6.39. The summed E-state index contributed by atoms with van der Waals surface area (Å²) in [5.41, 5.74) is 7.92. The average Bonchev–Trinajstić information content (AvgIpc) is 2.57. The van der Waals surface area contributed by atoms with Gasteiger partial charge in [0.25, 0.3) is 0 Å². The van der Waals surface area contributed by atoms with Gasteiger partial charge in [-0.2, -0.15) is 0 Å². The van der Waals surface area contributed by atoms with Crippen molar-refractivity contribution in [2.45, 2.75) is 25.8 Å². The van der Waals surface area contributed by atoms with E-state index < -0.39 is 0 Å². The Balaban J connectivity index is 2.31. The van der Waals surface area contributed by atoms with Crippen LogP contribution in [0.2, 0.25) is 0 Å². The fraction of sp³-hybridized carbons (Fsp3) is 0.500. The molecule has 1 saturated heterocycles. The summed E-state index contributed by atoms with van der Waals surface area (Å²) in [7, 11) is 0. The van der Waals surface area contributed by atoms with Crippen LogP contribution in [0.5, 0.6) is 0 Å². The van der Waals surface area contributed by atoms with E-state index >= 15 is 0 Å². The number of halogens is 1. The summed E-state index contributed by atoms with van der Waals surface area (Å²) in [5, 5.41) is 2.96. The molecule has 1 fully saturated rings. The number of nitrogens with zero attached hydrogens (tertiary/aromatic N) is 1. The molecule has 0 aromatic heterocycles. The van der Waals surface area contributed by atoms with Gasteiger partial charge < -0.3 is 16.0 Å². The first-order valence-corrected chi connectivity index (χ1v) is 7.43. The molecule has 2 rings (SSSR count). The van der Waals surface area contributed by atoms with Gasteiger partial charge in [-0.3, -0.25) is 4.79 Å². The predicted octanol–water partition coefficient (Wildman–Crippen LogP) is 1.80. The van der Waals surface area contributed by atoms with Gasteiger partial charge in [0, 0.05) is 23.2 Å². The molecule has 1 atom stereocenters. The Morgan fingerprint density at radius 1 is 1.53 bits per heavy atom. The molecule has 5 heteroatoms. The van der Waals surface area contributed by atoms with Crippen molar-refractivity contribution in [2.24, 2.45) is 5.73 Å². The fourth-order valence-corrected chi connectivity index (χ4v) is 2.68. The van der Waals surface area contributed by atoms with Gasteiger partial charge in [-0.25, -0.2) is 0 Å². The number of nitrogens with two attached hydrogens (primary N) is 1. The van der Waals surface area contributed by atoms with Gasteiger partial charge in [-0.15, -0.1) is 0 Å². The molecule has 0 spiro atoms. The fourth-order valence-electron chi connectivity index (χ4n) is 2.44. The van der Waals surface area contributed by atoms with Crippen molar-refractivity contribution < 1.29 is 4.79 Å². The van der Waals surface area contributed by atoms with E-state index in [1.807, 2.05) is 6.07 Å². The quantitative estimate of drug-likeness (QED) is 0.891. The van der Waals surface area contributed by atoms with Crippen LogP contribution >= 0.6 is 15.9 Å². The number of anilines is 1. The van der Waals surface area contributed by atoms with Crippen LogP contribution in [0.1, 0.15) is 18.4 Å². The topological polar surface area (TPSA) is 58.4 Å². The molecule has 1 unspecified atom stereocenters. The average molecular weight is 326 g/mol. The lowest BCUT2D eigenvalue weighted by molar-refractivity contribution is -0.122. The second-order valence-corrected chi connectivity index (χ2v) is 5.72. The molecule has 3 N–H and O–H groups in total. The SMILES string of the molecule is Cc1cc(N2CCCNC(=O)C2CCN)ccc1Br. The highest BCUT2D eigenvalue weighted by atomic mass is 79.9. The third-order valence-corrected chi connectivity index (χ3v) is 4.36. The first-order chi connectivity index (χ1) is 9.13. The lowest BCUT2D eigenvalue weighted by atomic mass is 10.1. The maximum Gasteiger partial charge on any atom is 0.242 e. The summed E-state index contributed by atoms with van der Waals surface area (Å²) in [6.07, 6.45) is 1.64. The maximum absolute atomic E-state index is 12.1. The van der Waals surface area contributed by atoms with Crippen molar-refractivity contribution in [2.75, 3.05) is 24.5 Å². The van der Waals surface area contributed by atoms with Crippen molar-refractivity contribution in [1.82, 2.24) is 5.32 Å². The van der Waals surface area contributed by atoms with Crippen LogP contribution in [0.15, 0.2) is 22.7 Å². The molecule has 1 aliphatic heterocycles. The van der Waals surface area contributed by atoms with Gasteiger partial charge >= 0.3 is 0 Å². The number of carbonyl (C=O) groups excluding carboxylic acids is 1. The van der Waals surface area contributed by atoms with Gasteiger partial charge in [-0.1, -0.05) is 15.9 Å². The summed E-state index contributed by atoms with van der Waals surface area (Å²) in [6.45, 7) is 4.20. The molecule has 0 aliphatic carbocycles. The van der Waals surface area contributed by atoms with Crippen molar-refractivity contribution in [3.63, 3.8) is 0 Å². The minimum absolute atomic E-state index is 0.0866. The number of amides is 1. The molecule has 104 valence electrons. The lowest BCUT2D eigenvalue weighted by Crippen LogP contribution is -2.45. The van der Waals surface area contributed by atoms with E-state index in [0.717, 1.165) is 29.7 Å². The van der Waals surface area contributed by atoms with Crippen LogP contribution < -0.4 is 16.0 Å². The van der Waals surface area contributed by atoms with Crippen molar-refractivity contribution in [3.8, 4) is 0 Å². The monoisotopic (exact) mass is 325 g/mol. The number of hydrogen-bond donors (Lipinski definition) is 2. The molecule has 1 aliphatic rings. The summed E-state index contributed by atoms with van der Waals surface area (Å²) >= 11 is 3.51. The molecule has 0 radical (unpaired) electrons. The van der Waals surface area contributed by atoms with Crippen LogP contribution in [0.4, 0.5) is 5.69 Å². The lowest BCUT2D eigenvalue weighted by Gasteiger charge is -2.30. The first-order valence-electron chi connectivity index (χ1n) is 6.64. The van der Waals surface area contributed by atoms with E-state index in [1.165, 1.54) is 5.56 Å². The van der Waals surface area contributed by atoms with Crippen molar-refractivity contribution in [1.29, 1.82) is 0 Å². The Labute approximate surface area is 122 Å². The third-order valence-electron chi connectivity index (χ3n) is 3.47. The van der Waals surface area contributed by atoms with Crippen molar-refractivity contribution >= 4 is 27.5 Å². The molecule has 19 heavy (non-hydrogen) atoms. The zero-order chi connectivity index (χ0) is 13.8. The predicted molar refractivity (Wildman–Crippen MR) is 81.3 cm³/mol. The van der Waals surface area contributed by atoms with E-state index in [2.05, 4.69) is 45.2 Å². The maximum atomic E-state index is 12.1. The molecule has 1 heterocycles. The first kappa shape index (κ1) is 14.3. The Morgan fingerprint density at radius 3 is 3.00 bits per heavy atom. The Hall–Kier alpha value is -1.07. The Morgan fingerprint density at radius 2 is 2.32 bits per heavy atom. The highest BCUT2D eigenvalue weighted by Crippen LogP contribution is 2.26. The molecule has 1 amide bonds. The zero-order valence-corrected chi connectivity index (χ0v) is 12.7. The molecule has 1 aromatic rings. The number of carbonyl (C=O) groups is 1. The Bertz CT molecular complexity index is 464. The third kappa shape index (κ3) is 3.28. The van der Waals surface area contributed by atoms with Crippen LogP contribution in [0.3, 0.4) is 0 Å². The van der Waals surface area contributed by atoms with E-state index in [4.69, 9.17) is 5.73 Å². The summed E-state index contributed by atoms with van der Waals surface area (Å²) in [6, 6.07) is 6.05. The summed E-state index contributed by atoms with van der Waals surface area (Å²) in [4.78, 5) is 14.3. The van der Waals surface area contributed by atoms with Gasteiger partial charge in [0.15, 0.2) is 0 Å². The Kier molecular flexibility index (Phi) is 4.82. The molecular formula is C14H20BrN3O. The molecule has 0 bridgehead atoms. The number of hydrogen-bond acceptors (Lipinski definition) is 3. The van der Waals surface area contributed by atoms with Gasteiger partial charge in [0.1, 0.15) is 6.04 Å². The number of benzene rings is 1. The zero-order valence-electron chi connectivity index (χ0n) is 11.2. The standard InChI is InChI=1S/C14H20BrN3O/c1-10-9-11(3-4-12(10)15)18-8-2-7-17-14(19)13(18)5-6-16/h3-4,9,13H,2,5-8,16H2,1H3,(H,17,19). The largest absolute Gasteiger partial charge is 0.359 e. The van der Waals surface area contributed by atoms with Crippen LogP contribution in [0, 0.1) is 6.92 Å². The normalized spacial score (nSPS) is 20.1. The molecule has 4 nitrogen and oxygen atoms in total. The van der Waals surface area contributed by atoms with E-state index in [1.54, 1.807) is 0 Å². The van der Waals surface area contributed by atoms with Crippen molar-refractivity contribution in [3.05, 3.63) is 28.2 Å². The highest BCUT2D eigenvalue weighted by Gasteiger charge is 2.27. The minimum Gasteiger partial charge on any atom is -0.359 e. The highest BCUT2D eigenvalue weighted by molar-refractivity contribution is 9.10. The van der Waals surface area contributed by atoms with Crippen LogP contribution in [-0.2, 0) is 4.79 Å². The van der Waals surface area contributed by atoms with Gasteiger partial charge in [-0.05, 0) is 50.1 Å². The van der Waals surface area contributed by atoms with E-state index in [-0.39, 0.29) is 11.9 Å². The molecule has 0 saturated carbocycles. The number of nitrogens with one attached hydrogen (secondary N) is 1. The van der Waals surface area contributed by atoms with Gasteiger partial charge in [0.05, 0.1) is 0 Å². The number of aryl methyl sites for hydroxylation is 1. The smallest absolute Gasteiger partial charge is 0.242 e. The van der Waals surface area contributed by atoms with Crippen LogP contribution in [-0.4, -0.2) is 31.6 Å². The molecular weight excluding hydrogens is 306 g/mol. The van der Waals surface area contributed by atoms with Gasteiger partial charge in [0.2, 0.25) is 5.91 Å². The van der Waals surface area contributed by atoms with Crippen LogP contribution in [0.25, 0.3) is 0 Å². The minimum atomic E-state index is -0.159. The number of rotatable bonds is 3. The summed E-state index contributed by atoms with van der Waals surface area (Å²) < 4.78 is 1.09. The van der Waals surface area contributed by atoms with E-state index in [9.17, 15) is 4.79 Å². The van der Waals surface area contributed by atoms with E-state index in [0.29, 0.717) is 13.0 Å².